The van der Waals surface area contributed by atoms with Crippen molar-refractivity contribution in [2.45, 2.75) is 13.5 Å². The quantitative estimate of drug-likeness (QED) is 0.378. The highest BCUT2D eigenvalue weighted by Gasteiger charge is 2.19. The van der Waals surface area contributed by atoms with Gasteiger partial charge in [-0.3, -0.25) is 14.2 Å². The second kappa shape index (κ2) is 8.72. The summed E-state index contributed by atoms with van der Waals surface area (Å²) < 4.78 is 17.3. The van der Waals surface area contributed by atoms with Crippen LogP contribution in [0.4, 0.5) is 10.2 Å². The summed E-state index contributed by atoms with van der Waals surface area (Å²) in [6.45, 7) is 2.13. The van der Waals surface area contributed by atoms with Crippen LogP contribution in [0.25, 0.3) is 22.2 Å². The lowest BCUT2D eigenvalue weighted by molar-refractivity contribution is 0.102. The summed E-state index contributed by atoms with van der Waals surface area (Å²) in [6.07, 6.45) is 3.29. The van der Waals surface area contributed by atoms with Crippen LogP contribution in [0.1, 0.15) is 21.6 Å². The number of carbonyl (C=O) groups is 1. The Labute approximate surface area is 199 Å². The van der Waals surface area contributed by atoms with Crippen molar-refractivity contribution in [3.8, 4) is 11.3 Å². The Hall–Kier alpha value is -4.04. The third-order valence-corrected chi connectivity index (χ3v) is 5.99. The van der Waals surface area contributed by atoms with E-state index in [0.717, 1.165) is 11.3 Å². The first-order valence-corrected chi connectivity index (χ1v) is 10.9. The summed E-state index contributed by atoms with van der Waals surface area (Å²) >= 11 is 6.34. The highest BCUT2D eigenvalue weighted by molar-refractivity contribution is 6.33. The maximum absolute atomic E-state index is 14.0. The Bertz CT molecular complexity index is 1540. The van der Waals surface area contributed by atoms with Crippen molar-refractivity contribution in [2.24, 2.45) is 7.05 Å². The summed E-state index contributed by atoms with van der Waals surface area (Å²) in [6, 6.07) is 15.6. The number of halogens is 2. The van der Waals surface area contributed by atoms with E-state index >= 15 is 0 Å². The molecule has 0 bridgehead atoms. The van der Waals surface area contributed by atoms with Crippen LogP contribution in [0.2, 0.25) is 5.02 Å². The van der Waals surface area contributed by atoms with Crippen molar-refractivity contribution in [3.63, 3.8) is 0 Å². The van der Waals surface area contributed by atoms with E-state index < -0.39 is 0 Å². The van der Waals surface area contributed by atoms with Gasteiger partial charge in [-0.15, -0.1) is 0 Å². The van der Waals surface area contributed by atoms with Crippen LogP contribution in [0.3, 0.4) is 0 Å². The zero-order valence-corrected chi connectivity index (χ0v) is 19.2. The van der Waals surface area contributed by atoms with E-state index in [4.69, 9.17) is 16.6 Å². The third-order valence-electron chi connectivity index (χ3n) is 5.71. The fourth-order valence-electron chi connectivity index (χ4n) is 3.79. The molecule has 0 saturated heterocycles. The van der Waals surface area contributed by atoms with Gasteiger partial charge in [0.15, 0.2) is 5.82 Å². The average molecular weight is 475 g/mol. The van der Waals surface area contributed by atoms with Crippen LogP contribution in [0, 0.1) is 12.7 Å². The summed E-state index contributed by atoms with van der Waals surface area (Å²) in [5, 5.41) is 12.4. The number of para-hydroxylation sites is 1. The van der Waals surface area contributed by atoms with Gasteiger partial charge in [0.2, 0.25) is 0 Å². The minimum atomic E-state index is -0.376. The molecule has 34 heavy (non-hydrogen) atoms. The second-order valence-corrected chi connectivity index (χ2v) is 8.32. The van der Waals surface area contributed by atoms with Gasteiger partial charge in [-0.25, -0.2) is 9.37 Å². The van der Waals surface area contributed by atoms with E-state index in [0.29, 0.717) is 27.7 Å². The third kappa shape index (κ3) is 4.04. The number of pyridine rings is 1. The van der Waals surface area contributed by atoms with Gasteiger partial charge in [0.05, 0.1) is 29.5 Å². The molecule has 1 amide bonds. The van der Waals surface area contributed by atoms with E-state index in [1.165, 1.54) is 10.7 Å². The molecule has 5 rings (SSSR count). The number of carbonyl (C=O) groups excluding carboxylic acids is 1. The summed E-state index contributed by atoms with van der Waals surface area (Å²) in [5.74, 6) is -0.511. The first-order valence-electron chi connectivity index (χ1n) is 10.6. The standard InChI is InChI=1S/C25H20ClFN6O/c1-15-19(12-28-32(15)2)23-11-18(17-8-4-6-10-22(17)29-23)25(34)30-24-20(26)14-33(31-24)13-16-7-3-5-9-21(16)27/h3-12,14H,13H2,1-2H3,(H,30,31,34). The zero-order chi connectivity index (χ0) is 23.8. The number of benzene rings is 2. The molecule has 7 nitrogen and oxygen atoms in total. The largest absolute Gasteiger partial charge is 0.304 e. The van der Waals surface area contributed by atoms with Crippen molar-refractivity contribution in [1.29, 1.82) is 0 Å². The fourth-order valence-corrected chi connectivity index (χ4v) is 3.99. The molecular weight excluding hydrogens is 455 g/mol. The zero-order valence-electron chi connectivity index (χ0n) is 18.5. The number of aryl methyl sites for hydroxylation is 1. The van der Waals surface area contributed by atoms with Gasteiger partial charge in [0.1, 0.15) is 10.8 Å². The molecule has 9 heteroatoms. The van der Waals surface area contributed by atoms with E-state index in [9.17, 15) is 9.18 Å². The van der Waals surface area contributed by atoms with E-state index in [1.807, 2.05) is 38.2 Å². The van der Waals surface area contributed by atoms with Gasteiger partial charge in [0, 0.05) is 35.5 Å². The number of nitrogens with zero attached hydrogens (tertiary/aromatic N) is 5. The topological polar surface area (TPSA) is 77.6 Å². The molecule has 0 atom stereocenters. The fraction of sp³-hybridized carbons (Fsp3) is 0.120. The predicted octanol–water partition coefficient (Wildman–Crippen LogP) is 5.23. The normalized spacial score (nSPS) is 11.2. The number of amides is 1. The highest BCUT2D eigenvalue weighted by Crippen LogP contribution is 2.28. The van der Waals surface area contributed by atoms with Gasteiger partial charge < -0.3 is 5.32 Å². The monoisotopic (exact) mass is 474 g/mol. The molecule has 0 fully saturated rings. The van der Waals surface area contributed by atoms with Gasteiger partial charge in [0.25, 0.3) is 5.91 Å². The lowest BCUT2D eigenvalue weighted by Gasteiger charge is -2.10. The van der Waals surface area contributed by atoms with Gasteiger partial charge >= 0.3 is 0 Å². The molecule has 170 valence electrons. The van der Waals surface area contributed by atoms with Crippen molar-refractivity contribution in [2.75, 3.05) is 5.32 Å². The number of aromatic nitrogens is 5. The Kier molecular flexibility index (Phi) is 5.59. The molecule has 1 N–H and O–H groups in total. The van der Waals surface area contributed by atoms with Crippen molar-refractivity contribution in [1.82, 2.24) is 24.5 Å². The average Bonchev–Trinajstić information content (AvgIpc) is 3.35. The predicted molar refractivity (Wildman–Crippen MR) is 129 cm³/mol. The van der Waals surface area contributed by atoms with Crippen LogP contribution in [0.15, 0.2) is 67.0 Å². The minimum absolute atomic E-state index is 0.185. The highest BCUT2D eigenvalue weighted by atomic mass is 35.5. The summed E-state index contributed by atoms with van der Waals surface area (Å²) in [7, 11) is 1.85. The van der Waals surface area contributed by atoms with Crippen molar-refractivity contribution >= 4 is 34.2 Å². The van der Waals surface area contributed by atoms with Crippen LogP contribution in [-0.4, -0.2) is 30.5 Å². The molecular formula is C25H20ClFN6O. The van der Waals surface area contributed by atoms with E-state index in [-0.39, 0.29) is 29.1 Å². The molecule has 0 saturated carbocycles. The van der Waals surface area contributed by atoms with E-state index in [2.05, 4.69) is 15.5 Å². The maximum atomic E-state index is 14.0. The number of hydrogen-bond acceptors (Lipinski definition) is 4. The molecule has 0 aliphatic carbocycles. The number of hydrogen-bond donors (Lipinski definition) is 1. The van der Waals surface area contributed by atoms with Crippen LogP contribution >= 0.6 is 11.6 Å². The molecule has 0 spiro atoms. The molecule has 5 aromatic rings. The number of rotatable bonds is 5. The Balaban J connectivity index is 1.49. The van der Waals surface area contributed by atoms with Gasteiger partial charge in [-0.1, -0.05) is 48.0 Å². The maximum Gasteiger partial charge on any atom is 0.257 e. The minimum Gasteiger partial charge on any atom is -0.304 e. The molecule has 0 aliphatic heterocycles. The summed E-state index contributed by atoms with van der Waals surface area (Å²) in [4.78, 5) is 18.1. The molecule has 3 heterocycles. The van der Waals surface area contributed by atoms with Crippen LogP contribution < -0.4 is 5.32 Å². The van der Waals surface area contributed by atoms with Crippen LogP contribution in [-0.2, 0) is 13.6 Å². The molecule has 2 aromatic carbocycles. The van der Waals surface area contributed by atoms with Crippen molar-refractivity contribution in [3.05, 3.63) is 94.7 Å². The smallest absolute Gasteiger partial charge is 0.257 e. The number of nitrogens with one attached hydrogen (secondary N) is 1. The lowest BCUT2D eigenvalue weighted by atomic mass is 10.0. The first kappa shape index (κ1) is 21.8. The van der Waals surface area contributed by atoms with Gasteiger partial charge in [-0.05, 0) is 25.1 Å². The Morgan fingerprint density at radius 2 is 1.91 bits per heavy atom. The Morgan fingerprint density at radius 3 is 2.68 bits per heavy atom. The van der Waals surface area contributed by atoms with Gasteiger partial charge in [-0.2, -0.15) is 10.2 Å². The van der Waals surface area contributed by atoms with Crippen molar-refractivity contribution < 1.29 is 9.18 Å². The Morgan fingerprint density at radius 1 is 1.15 bits per heavy atom. The SMILES string of the molecule is Cc1c(-c2cc(C(=O)Nc3nn(Cc4ccccc4F)cc3Cl)c3ccccc3n2)cnn1C. The second-order valence-electron chi connectivity index (χ2n) is 7.91. The first-order chi connectivity index (χ1) is 16.4. The van der Waals surface area contributed by atoms with Crippen LogP contribution in [0.5, 0.6) is 0 Å². The number of fused-ring (bicyclic) bond motifs is 1. The molecule has 0 unspecified atom stereocenters. The number of anilines is 1. The van der Waals surface area contributed by atoms with E-state index in [1.54, 1.807) is 41.3 Å². The summed E-state index contributed by atoms with van der Waals surface area (Å²) in [5.41, 5.74) is 4.01. The lowest BCUT2D eigenvalue weighted by Crippen LogP contribution is -2.14. The molecule has 0 radical (unpaired) electrons. The molecule has 0 aliphatic rings. The molecule has 3 aromatic heterocycles.